The number of halogens is 1. The molecule has 120 valence electrons. The highest BCUT2D eigenvalue weighted by atomic mass is 35.5. The highest BCUT2D eigenvalue weighted by molar-refractivity contribution is 6.18. The Bertz CT molecular complexity index is 678. The summed E-state index contributed by atoms with van der Waals surface area (Å²) in [5.41, 5.74) is 3.26. The third kappa shape index (κ3) is 4.83. The first-order valence-electron chi connectivity index (χ1n) is 7.38. The van der Waals surface area contributed by atoms with E-state index in [1.807, 2.05) is 24.3 Å². The molecule has 0 atom stereocenters. The standard InChI is InChI=1S/C18H18ClNO3/c1-2-15(16-5-7-17(8-6-16)20(21)22)13-14-3-9-18(10-4-14)23-12-11-19/h3-10,13H,2,11-12H2,1H3/b15-13-. The predicted octanol–water partition coefficient (Wildman–Crippen LogP) is 5.16. The van der Waals surface area contributed by atoms with E-state index in [2.05, 4.69) is 13.0 Å². The molecular formula is C18H18ClNO3. The molecule has 0 heterocycles. The highest BCUT2D eigenvalue weighted by Gasteiger charge is 2.06. The second-order valence-electron chi connectivity index (χ2n) is 4.93. The SMILES string of the molecule is CC/C(=C/c1ccc(OCCCl)cc1)c1ccc([N+](=O)[O-])cc1. The zero-order chi connectivity index (χ0) is 16.7. The zero-order valence-electron chi connectivity index (χ0n) is 12.9. The van der Waals surface area contributed by atoms with Gasteiger partial charge in [-0.25, -0.2) is 0 Å². The zero-order valence-corrected chi connectivity index (χ0v) is 13.6. The summed E-state index contributed by atoms with van der Waals surface area (Å²) in [6.07, 6.45) is 2.91. The smallest absolute Gasteiger partial charge is 0.269 e. The lowest BCUT2D eigenvalue weighted by molar-refractivity contribution is -0.384. The van der Waals surface area contributed by atoms with E-state index in [4.69, 9.17) is 16.3 Å². The van der Waals surface area contributed by atoms with Crippen molar-refractivity contribution in [2.45, 2.75) is 13.3 Å². The molecule has 2 aromatic rings. The van der Waals surface area contributed by atoms with Gasteiger partial charge in [0.15, 0.2) is 0 Å². The molecule has 0 aliphatic carbocycles. The monoisotopic (exact) mass is 331 g/mol. The maximum atomic E-state index is 10.7. The van der Waals surface area contributed by atoms with Crippen LogP contribution in [0.3, 0.4) is 0 Å². The van der Waals surface area contributed by atoms with E-state index in [0.29, 0.717) is 12.5 Å². The maximum Gasteiger partial charge on any atom is 0.269 e. The van der Waals surface area contributed by atoms with E-state index >= 15 is 0 Å². The maximum absolute atomic E-state index is 10.7. The largest absolute Gasteiger partial charge is 0.492 e. The van der Waals surface area contributed by atoms with Crippen molar-refractivity contribution in [2.24, 2.45) is 0 Å². The number of non-ortho nitro benzene ring substituents is 1. The van der Waals surface area contributed by atoms with Crippen LogP contribution in [0.5, 0.6) is 5.75 Å². The molecule has 0 saturated heterocycles. The van der Waals surface area contributed by atoms with E-state index in [0.717, 1.165) is 28.9 Å². The van der Waals surface area contributed by atoms with Crippen LogP contribution in [0.15, 0.2) is 48.5 Å². The topological polar surface area (TPSA) is 52.4 Å². The van der Waals surface area contributed by atoms with Gasteiger partial charge in [-0.15, -0.1) is 11.6 Å². The molecule has 0 bridgehead atoms. The summed E-state index contributed by atoms with van der Waals surface area (Å²) in [5, 5.41) is 10.7. The van der Waals surface area contributed by atoms with Crippen molar-refractivity contribution >= 4 is 28.9 Å². The number of hydrogen-bond donors (Lipinski definition) is 0. The third-order valence-corrected chi connectivity index (χ3v) is 3.55. The van der Waals surface area contributed by atoms with Gasteiger partial charge >= 0.3 is 0 Å². The Morgan fingerprint density at radius 2 is 1.83 bits per heavy atom. The number of rotatable bonds is 7. The van der Waals surface area contributed by atoms with Gasteiger partial charge < -0.3 is 4.74 Å². The van der Waals surface area contributed by atoms with Crippen LogP contribution in [0.1, 0.15) is 24.5 Å². The first-order valence-corrected chi connectivity index (χ1v) is 7.91. The fourth-order valence-corrected chi connectivity index (χ4v) is 2.28. The van der Waals surface area contributed by atoms with Gasteiger partial charge in [0.2, 0.25) is 0 Å². The molecule has 0 aliphatic rings. The van der Waals surface area contributed by atoms with E-state index in [-0.39, 0.29) is 5.69 Å². The summed E-state index contributed by atoms with van der Waals surface area (Å²) in [7, 11) is 0. The quantitative estimate of drug-likeness (QED) is 0.304. The van der Waals surface area contributed by atoms with Crippen LogP contribution in [-0.4, -0.2) is 17.4 Å². The minimum absolute atomic E-state index is 0.102. The van der Waals surface area contributed by atoms with Gasteiger partial charge in [0.25, 0.3) is 5.69 Å². The van der Waals surface area contributed by atoms with Crippen molar-refractivity contribution in [1.29, 1.82) is 0 Å². The molecular weight excluding hydrogens is 314 g/mol. The summed E-state index contributed by atoms with van der Waals surface area (Å²) in [5.74, 6) is 1.25. The van der Waals surface area contributed by atoms with E-state index < -0.39 is 4.92 Å². The van der Waals surface area contributed by atoms with Crippen molar-refractivity contribution in [1.82, 2.24) is 0 Å². The summed E-state index contributed by atoms with van der Waals surface area (Å²) < 4.78 is 5.45. The molecule has 0 radical (unpaired) electrons. The number of nitrogens with zero attached hydrogens (tertiary/aromatic N) is 1. The van der Waals surface area contributed by atoms with Crippen LogP contribution < -0.4 is 4.74 Å². The van der Waals surface area contributed by atoms with E-state index in [1.54, 1.807) is 12.1 Å². The van der Waals surface area contributed by atoms with Gasteiger partial charge in [-0.3, -0.25) is 10.1 Å². The summed E-state index contributed by atoms with van der Waals surface area (Å²) in [4.78, 5) is 10.3. The molecule has 2 aromatic carbocycles. The van der Waals surface area contributed by atoms with Crippen molar-refractivity contribution in [3.05, 3.63) is 69.8 Å². The first kappa shape index (κ1) is 17.0. The molecule has 0 aromatic heterocycles. The number of nitro groups is 1. The number of allylic oxidation sites excluding steroid dienone is 1. The lowest BCUT2D eigenvalue weighted by Gasteiger charge is -2.07. The number of hydrogen-bond acceptors (Lipinski definition) is 3. The Labute approximate surface area is 140 Å². The Morgan fingerprint density at radius 1 is 1.17 bits per heavy atom. The van der Waals surface area contributed by atoms with Crippen LogP contribution in [0.4, 0.5) is 5.69 Å². The Balaban J connectivity index is 2.18. The minimum Gasteiger partial charge on any atom is -0.492 e. The Morgan fingerprint density at radius 3 is 2.35 bits per heavy atom. The molecule has 0 amide bonds. The average molecular weight is 332 g/mol. The summed E-state index contributed by atoms with van der Waals surface area (Å²) >= 11 is 5.59. The van der Waals surface area contributed by atoms with E-state index in [9.17, 15) is 10.1 Å². The number of ether oxygens (including phenoxy) is 1. The van der Waals surface area contributed by atoms with Gasteiger partial charge in [-0.05, 0) is 47.4 Å². The molecule has 2 rings (SSSR count). The highest BCUT2D eigenvalue weighted by Crippen LogP contribution is 2.24. The van der Waals surface area contributed by atoms with Crippen LogP contribution in [0, 0.1) is 10.1 Å². The Kier molecular flexibility index (Phi) is 6.18. The number of alkyl halides is 1. The second-order valence-corrected chi connectivity index (χ2v) is 5.31. The van der Waals surface area contributed by atoms with Crippen molar-refractivity contribution < 1.29 is 9.66 Å². The average Bonchev–Trinajstić information content (AvgIpc) is 2.59. The fourth-order valence-electron chi connectivity index (χ4n) is 2.20. The van der Waals surface area contributed by atoms with Gasteiger partial charge in [0.1, 0.15) is 12.4 Å². The molecule has 23 heavy (non-hydrogen) atoms. The van der Waals surface area contributed by atoms with Crippen LogP contribution in [0.25, 0.3) is 11.6 Å². The molecule has 0 unspecified atom stereocenters. The van der Waals surface area contributed by atoms with Crippen LogP contribution in [-0.2, 0) is 0 Å². The first-order chi connectivity index (χ1) is 11.1. The van der Waals surface area contributed by atoms with Crippen LogP contribution >= 0.6 is 11.6 Å². The van der Waals surface area contributed by atoms with Crippen molar-refractivity contribution in [2.75, 3.05) is 12.5 Å². The fraction of sp³-hybridized carbons (Fsp3) is 0.222. The van der Waals surface area contributed by atoms with Gasteiger partial charge in [-0.1, -0.05) is 25.1 Å². The lowest BCUT2D eigenvalue weighted by atomic mass is 10.0. The van der Waals surface area contributed by atoms with Crippen molar-refractivity contribution in [3.63, 3.8) is 0 Å². The molecule has 5 heteroatoms. The third-order valence-electron chi connectivity index (χ3n) is 3.40. The summed E-state index contributed by atoms with van der Waals surface area (Å²) in [6, 6.07) is 14.4. The van der Waals surface area contributed by atoms with Gasteiger partial charge in [-0.2, -0.15) is 0 Å². The number of benzene rings is 2. The van der Waals surface area contributed by atoms with Gasteiger partial charge in [0.05, 0.1) is 10.8 Å². The van der Waals surface area contributed by atoms with Crippen molar-refractivity contribution in [3.8, 4) is 5.75 Å². The van der Waals surface area contributed by atoms with Gasteiger partial charge in [0, 0.05) is 12.1 Å². The minimum atomic E-state index is -0.390. The molecule has 0 N–H and O–H groups in total. The lowest BCUT2D eigenvalue weighted by Crippen LogP contribution is -1.97. The predicted molar refractivity (Wildman–Crippen MR) is 93.9 cm³/mol. The molecule has 0 spiro atoms. The molecule has 0 aliphatic heterocycles. The molecule has 0 saturated carbocycles. The Hall–Kier alpha value is -2.33. The molecule has 4 nitrogen and oxygen atoms in total. The summed E-state index contributed by atoms with van der Waals surface area (Å²) in [6.45, 7) is 2.55. The van der Waals surface area contributed by atoms with E-state index in [1.165, 1.54) is 12.1 Å². The molecule has 0 fully saturated rings. The second kappa shape index (κ2) is 8.34. The van der Waals surface area contributed by atoms with Crippen LogP contribution in [0.2, 0.25) is 0 Å². The number of nitro benzene ring substituents is 1. The normalized spacial score (nSPS) is 11.3.